The monoisotopic (exact) mass is 292 g/mol. The van der Waals surface area contributed by atoms with Crippen LogP contribution in [0.4, 0.5) is 5.69 Å². The number of amides is 1. The highest BCUT2D eigenvalue weighted by Gasteiger charge is 2.22. The molecule has 1 aliphatic heterocycles. The van der Waals surface area contributed by atoms with Crippen molar-refractivity contribution in [1.82, 2.24) is 15.5 Å². The van der Waals surface area contributed by atoms with Gasteiger partial charge in [0, 0.05) is 44.9 Å². The molecule has 2 N–H and O–H groups in total. The van der Waals surface area contributed by atoms with Crippen molar-refractivity contribution in [3.8, 4) is 0 Å². The third-order valence-electron chi connectivity index (χ3n) is 3.67. The molecule has 1 amide bonds. The number of nitrogens with zero attached hydrogens (tertiary/aromatic N) is 2. The van der Waals surface area contributed by atoms with Crippen LogP contribution in [0.2, 0.25) is 0 Å². The summed E-state index contributed by atoms with van der Waals surface area (Å²) in [6.45, 7) is 5.67. The molecule has 1 atom stereocenters. The Bertz CT molecular complexity index is 515. The number of nitro groups is 1. The fourth-order valence-electron chi connectivity index (χ4n) is 2.35. The lowest BCUT2D eigenvalue weighted by Crippen LogP contribution is -2.52. The highest BCUT2D eigenvalue weighted by atomic mass is 16.6. The van der Waals surface area contributed by atoms with Crippen molar-refractivity contribution in [1.29, 1.82) is 0 Å². The summed E-state index contributed by atoms with van der Waals surface area (Å²) >= 11 is 0. The van der Waals surface area contributed by atoms with Crippen LogP contribution in [-0.2, 0) is 11.3 Å². The average molecular weight is 292 g/mol. The van der Waals surface area contributed by atoms with E-state index in [1.165, 1.54) is 12.1 Å². The molecule has 114 valence electrons. The Labute approximate surface area is 123 Å². The molecular formula is C14H20N4O3. The van der Waals surface area contributed by atoms with Gasteiger partial charge in [0.05, 0.1) is 11.0 Å². The Morgan fingerprint density at radius 1 is 1.48 bits per heavy atom. The summed E-state index contributed by atoms with van der Waals surface area (Å²) in [4.78, 5) is 24.5. The number of nitrogens with one attached hydrogen (secondary N) is 2. The minimum absolute atomic E-state index is 0.0388. The van der Waals surface area contributed by atoms with E-state index in [-0.39, 0.29) is 17.6 Å². The van der Waals surface area contributed by atoms with Crippen LogP contribution in [0.3, 0.4) is 0 Å². The maximum Gasteiger partial charge on any atom is 0.269 e. The number of nitro benzene ring substituents is 1. The highest BCUT2D eigenvalue weighted by Crippen LogP contribution is 2.13. The lowest BCUT2D eigenvalue weighted by Gasteiger charge is -2.31. The normalized spacial score (nSPS) is 17.2. The summed E-state index contributed by atoms with van der Waals surface area (Å²) in [6, 6.07) is 6.12. The van der Waals surface area contributed by atoms with Gasteiger partial charge in [-0.15, -0.1) is 0 Å². The van der Waals surface area contributed by atoms with Gasteiger partial charge in [0.25, 0.3) is 5.69 Å². The van der Waals surface area contributed by atoms with Gasteiger partial charge < -0.3 is 10.6 Å². The van der Waals surface area contributed by atoms with E-state index in [9.17, 15) is 14.9 Å². The van der Waals surface area contributed by atoms with E-state index in [0.29, 0.717) is 6.54 Å². The second-order valence-electron chi connectivity index (χ2n) is 5.11. The molecule has 7 nitrogen and oxygen atoms in total. The summed E-state index contributed by atoms with van der Waals surface area (Å²) in [6.07, 6.45) is 0. The zero-order valence-electron chi connectivity index (χ0n) is 12.0. The Morgan fingerprint density at radius 2 is 2.19 bits per heavy atom. The van der Waals surface area contributed by atoms with Crippen LogP contribution < -0.4 is 10.6 Å². The second kappa shape index (κ2) is 7.14. The maximum atomic E-state index is 12.1. The SMILES string of the molecule is CC(C(=O)NCc1cccc([N+](=O)[O-])c1)N1CCNCC1. The fourth-order valence-corrected chi connectivity index (χ4v) is 2.35. The van der Waals surface area contributed by atoms with Gasteiger partial charge in [-0.05, 0) is 12.5 Å². The van der Waals surface area contributed by atoms with Crippen LogP contribution in [0.5, 0.6) is 0 Å². The molecule has 1 fully saturated rings. The van der Waals surface area contributed by atoms with Gasteiger partial charge in [-0.3, -0.25) is 19.8 Å². The number of hydrogen-bond acceptors (Lipinski definition) is 5. The number of non-ortho nitro benzene ring substituents is 1. The summed E-state index contributed by atoms with van der Waals surface area (Å²) in [5.74, 6) is -0.0524. The van der Waals surface area contributed by atoms with Crippen LogP contribution in [0.15, 0.2) is 24.3 Å². The number of benzene rings is 1. The maximum absolute atomic E-state index is 12.1. The van der Waals surface area contributed by atoms with Crippen molar-refractivity contribution in [2.24, 2.45) is 0 Å². The third-order valence-corrected chi connectivity index (χ3v) is 3.67. The molecule has 1 aromatic rings. The Morgan fingerprint density at radius 3 is 2.86 bits per heavy atom. The van der Waals surface area contributed by atoms with E-state index in [4.69, 9.17) is 0 Å². The van der Waals surface area contributed by atoms with Gasteiger partial charge >= 0.3 is 0 Å². The highest BCUT2D eigenvalue weighted by molar-refractivity contribution is 5.81. The van der Waals surface area contributed by atoms with Gasteiger partial charge in [0.15, 0.2) is 0 Å². The molecule has 1 heterocycles. The Kier molecular flexibility index (Phi) is 5.24. The lowest BCUT2D eigenvalue weighted by atomic mass is 10.2. The standard InChI is InChI=1S/C14H20N4O3/c1-11(17-7-5-15-6-8-17)14(19)16-10-12-3-2-4-13(9-12)18(20)21/h2-4,9,11,15H,5-8,10H2,1H3,(H,16,19). The van der Waals surface area contributed by atoms with Gasteiger partial charge in [-0.2, -0.15) is 0 Å². The van der Waals surface area contributed by atoms with Crippen LogP contribution >= 0.6 is 0 Å². The second-order valence-corrected chi connectivity index (χ2v) is 5.11. The smallest absolute Gasteiger partial charge is 0.269 e. The third kappa shape index (κ3) is 4.24. The van der Waals surface area contributed by atoms with E-state index < -0.39 is 4.92 Å². The van der Waals surface area contributed by atoms with Crippen LogP contribution in [-0.4, -0.2) is 48.0 Å². The number of carbonyl (C=O) groups excluding carboxylic acids is 1. The van der Waals surface area contributed by atoms with E-state index in [0.717, 1.165) is 31.7 Å². The molecular weight excluding hydrogens is 272 g/mol. The number of rotatable bonds is 5. The summed E-state index contributed by atoms with van der Waals surface area (Å²) in [5, 5.41) is 16.8. The van der Waals surface area contributed by atoms with Gasteiger partial charge in [0.2, 0.25) is 5.91 Å². The Hall–Kier alpha value is -1.99. The molecule has 21 heavy (non-hydrogen) atoms. The molecule has 2 rings (SSSR count). The van der Waals surface area contributed by atoms with Crippen molar-refractivity contribution >= 4 is 11.6 Å². The first-order valence-corrected chi connectivity index (χ1v) is 7.04. The molecule has 1 aromatic carbocycles. The first kappa shape index (κ1) is 15.4. The molecule has 0 saturated carbocycles. The Balaban J connectivity index is 1.88. The predicted molar refractivity (Wildman–Crippen MR) is 78.8 cm³/mol. The van der Waals surface area contributed by atoms with Crippen LogP contribution in [0.25, 0.3) is 0 Å². The lowest BCUT2D eigenvalue weighted by molar-refractivity contribution is -0.384. The molecule has 0 aliphatic carbocycles. The quantitative estimate of drug-likeness (QED) is 0.610. The number of hydrogen-bond donors (Lipinski definition) is 2. The summed E-state index contributed by atoms with van der Waals surface area (Å²) in [7, 11) is 0. The summed E-state index contributed by atoms with van der Waals surface area (Å²) in [5.41, 5.74) is 0.766. The summed E-state index contributed by atoms with van der Waals surface area (Å²) < 4.78 is 0. The van der Waals surface area contributed by atoms with E-state index in [1.807, 2.05) is 6.92 Å². The van der Waals surface area contributed by atoms with Crippen molar-refractivity contribution in [3.05, 3.63) is 39.9 Å². The number of piperazine rings is 1. The predicted octanol–water partition coefficient (Wildman–Crippen LogP) is 0.505. The first-order chi connectivity index (χ1) is 10.1. The zero-order valence-corrected chi connectivity index (χ0v) is 12.0. The van der Waals surface area contributed by atoms with Crippen molar-refractivity contribution in [2.45, 2.75) is 19.5 Å². The minimum Gasteiger partial charge on any atom is -0.351 e. The molecule has 0 aromatic heterocycles. The van der Waals surface area contributed by atoms with Gasteiger partial charge in [-0.25, -0.2) is 0 Å². The molecule has 1 unspecified atom stereocenters. The molecule has 7 heteroatoms. The zero-order chi connectivity index (χ0) is 15.2. The fraction of sp³-hybridized carbons (Fsp3) is 0.500. The molecule has 0 radical (unpaired) electrons. The van der Waals surface area contributed by atoms with Crippen LogP contribution in [0, 0.1) is 10.1 Å². The van der Waals surface area contributed by atoms with E-state index >= 15 is 0 Å². The van der Waals surface area contributed by atoms with Crippen molar-refractivity contribution < 1.29 is 9.72 Å². The topological polar surface area (TPSA) is 87.5 Å². The molecule has 1 saturated heterocycles. The van der Waals surface area contributed by atoms with Gasteiger partial charge in [0.1, 0.15) is 0 Å². The van der Waals surface area contributed by atoms with Crippen molar-refractivity contribution in [2.75, 3.05) is 26.2 Å². The number of carbonyl (C=O) groups is 1. The van der Waals surface area contributed by atoms with E-state index in [2.05, 4.69) is 15.5 Å². The average Bonchev–Trinajstić information content (AvgIpc) is 2.53. The largest absolute Gasteiger partial charge is 0.351 e. The van der Waals surface area contributed by atoms with E-state index in [1.54, 1.807) is 12.1 Å². The first-order valence-electron chi connectivity index (χ1n) is 7.04. The molecule has 1 aliphatic rings. The van der Waals surface area contributed by atoms with Crippen LogP contribution in [0.1, 0.15) is 12.5 Å². The van der Waals surface area contributed by atoms with Crippen molar-refractivity contribution in [3.63, 3.8) is 0 Å². The molecule has 0 bridgehead atoms. The van der Waals surface area contributed by atoms with Gasteiger partial charge in [-0.1, -0.05) is 12.1 Å². The molecule has 0 spiro atoms. The minimum atomic E-state index is -0.436.